The summed E-state index contributed by atoms with van der Waals surface area (Å²) in [4.78, 5) is 0. The highest BCUT2D eigenvalue weighted by Crippen LogP contribution is 2.08. The summed E-state index contributed by atoms with van der Waals surface area (Å²) in [5.74, 6) is -0.0198. The minimum absolute atomic E-state index is 0.0411. The van der Waals surface area contributed by atoms with Crippen LogP contribution >= 0.6 is 12.2 Å². The molecule has 0 spiro atoms. The van der Waals surface area contributed by atoms with Crippen molar-refractivity contribution in [3.63, 3.8) is 0 Å². The van der Waals surface area contributed by atoms with Gasteiger partial charge in [-0.15, -0.1) is 0 Å². The van der Waals surface area contributed by atoms with Crippen LogP contribution in [0.4, 0.5) is 5.82 Å². The highest BCUT2D eigenvalue weighted by atomic mass is 32.2. The van der Waals surface area contributed by atoms with Crippen LogP contribution in [0.1, 0.15) is 6.92 Å². The molecule has 78 valence electrons. The maximum absolute atomic E-state index is 11.2. The predicted molar refractivity (Wildman–Crippen MR) is 55.5 cm³/mol. The van der Waals surface area contributed by atoms with Crippen molar-refractivity contribution >= 4 is 28.1 Å². The van der Waals surface area contributed by atoms with E-state index in [0.717, 1.165) is 0 Å². The van der Waals surface area contributed by atoms with Crippen molar-refractivity contribution in [2.45, 2.75) is 6.92 Å². The van der Waals surface area contributed by atoms with E-state index in [9.17, 15) is 13.6 Å². The van der Waals surface area contributed by atoms with E-state index >= 15 is 0 Å². The minimum Gasteiger partial charge on any atom is -0.426 e. The Balaban J connectivity index is 3.11. The molecule has 1 aromatic heterocycles. The monoisotopic (exact) mass is 234 g/mol. The van der Waals surface area contributed by atoms with Crippen LogP contribution in [-0.4, -0.2) is 24.1 Å². The smallest absolute Gasteiger partial charge is 0.233 e. The lowest BCUT2D eigenvalue weighted by atomic mass is 10.5. The van der Waals surface area contributed by atoms with E-state index in [4.69, 9.17) is 12.2 Å². The van der Waals surface area contributed by atoms with Crippen molar-refractivity contribution in [1.82, 2.24) is 4.73 Å². The summed E-state index contributed by atoms with van der Waals surface area (Å²) < 4.78 is 25.3. The van der Waals surface area contributed by atoms with Crippen molar-refractivity contribution in [2.75, 3.05) is 10.5 Å². The Morgan fingerprint density at radius 2 is 2.21 bits per heavy atom. The Bertz CT molecular complexity index is 478. The van der Waals surface area contributed by atoms with Gasteiger partial charge < -0.3 is 5.21 Å². The van der Waals surface area contributed by atoms with Crippen LogP contribution in [0.25, 0.3) is 0 Å². The van der Waals surface area contributed by atoms with Gasteiger partial charge in [-0.1, -0.05) is 18.3 Å². The van der Waals surface area contributed by atoms with Gasteiger partial charge in [0.25, 0.3) is 0 Å². The molecule has 0 aliphatic carbocycles. The second kappa shape index (κ2) is 3.97. The number of pyridine rings is 1. The number of hydrogen-bond donors (Lipinski definition) is 2. The number of rotatable bonds is 3. The summed E-state index contributed by atoms with van der Waals surface area (Å²) in [6.07, 6.45) is 0. The molecule has 1 aromatic rings. The molecule has 1 rings (SSSR count). The summed E-state index contributed by atoms with van der Waals surface area (Å²) in [5, 5.41) is 9.34. The van der Waals surface area contributed by atoms with Crippen molar-refractivity contribution in [3.8, 4) is 0 Å². The fourth-order valence-corrected chi connectivity index (χ4v) is 1.58. The van der Waals surface area contributed by atoms with Gasteiger partial charge in [0.2, 0.25) is 10.0 Å². The van der Waals surface area contributed by atoms with E-state index in [1.165, 1.54) is 19.1 Å². The zero-order valence-electron chi connectivity index (χ0n) is 7.47. The highest BCUT2D eigenvalue weighted by Gasteiger charge is 2.08. The van der Waals surface area contributed by atoms with Crippen LogP contribution in [0, 0.1) is 4.64 Å². The molecular weight excluding hydrogens is 224 g/mol. The van der Waals surface area contributed by atoms with E-state index in [1.807, 2.05) is 0 Å². The average molecular weight is 234 g/mol. The van der Waals surface area contributed by atoms with Gasteiger partial charge in [-0.25, -0.2) is 8.42 Å². The molecule has 1 heterocycles. The van der Waals surface area contributed by atoms with E-state index in [1.54, 1.807) is 6.07 Å². The zero-order chi connectivity index (χ0) is 10.8. The summed E-state index contributed by atoms with van der Waals surface area (Å²) in [6, 6.07) is 4.46. The van der Waals surface area contributed by atoms with Gasteiger partial charge in [0.05, 0.1) is 5.75 Å². The predicted octanol–water partition coefficient (Wildman–Crippen LogP) is 1.22. The Kier molecular flexibility index (Phi) is 3.12. The molecule has 0 bridgehead atoms. The van der Waals surface area contributed by atoms with Gasteiger partial charge in [-0.3, -0.25) is 4.72 Å². The highest BCUT2D eigenvalue weighted by molar-refractivity contribution is 7.92. The SMILES string of the molecule is CCS(=O)(=O)Nc1cccc(=S)n1O. The summed E-state index contributed by atoms with van der Waals surface area (Å²) in [5.41, 5.74) is 0. The second-order valence-corrected chi connectivity index (χ2v) is 5.00. The molecule has 0 unspecified atom stereocenters. The summed E-state index contributed by atoms with van der Waals surface area (Å²) in [7, 11) is -3.39. The third-order valence-corrected chi connectivity index (χ3v) is 3.16. The standard InChI is InChI=1S/C7H10N2O3S2/c1-2-14(11,12)8-6-4-3-5-7(13)9(6)10/h3-5,8,10H,2H2,1H3. The van der Waals surface area contributed by atoms with Crippen LogP contribution < -0.4 is 4.72 Å². The first-order chi connectivity index (χ1) is 6.46. The lowest BCUT2D eigenvalue weighted by Gasteiger charge is -2.08. The van der Waals surface area contributed by atoms with Crippen molar-refractivity contribution in [2.24, 2.45) is 0 Å². The normalized spacial score (nSPS) is 11.2. The molecule has 0 aliphatic rings. The number of nitrogens with zero attached hydrogens (tertiary/aromatic N) is 1. The summed E-state index contributed by atoms with van der Waals surface area (Å²) >= 11 is 4.74. The molecule has 7 heteroatoms. The number of hydrogen-bond acceptors (Lipinski definition) is 4. The Labute approximate surface area is 87.0 Å². The quantitative estimate of drug-likeness (QED) is 0.609. The van der Waals surface area contributed by atoms with E-state index in [2.05, 4.69) is 4.72 Å². The van der Waals surface area contributed by atoms with Crippen LogP contribution in [0.15, 0.2) is 18.2 Å². The van der Waals surface area contributed by atoms with Gasteiger partial charge in [-0.2, -0.15) is 4.73 Å². The topological polar surface area (TPSA) is 71.3 Å². The summed E-state index contributed by atoms with van der Waals surface area (Å²) in [6.45, 7) is 1.50. The first-order valence-corrected chi connectivity index (χ1v) is 5.94. The van der Waals surface area contributed by atoms with Crippen LogP contribution in [0.3, 0.4) is 0 Å². The molecule has 0 amide bonds. The zero-order valence-corrected chi connectivity index (χ0v) is 9.10. The van der Waals surface area contributed by atoms with Crippen LogP contribution in [-0.2, 0) is 10.0 Å². The fourth-order valence-electron chi connectivity index (χ4n) is 0.790. The molecule has 2 N–H and O–H groups in total. The van der Waals surface area contributed by atoms with E-state index in [-0.39, 0.29) is 16.2 Å². The van der Waals surface area contributed by atoms with Crippen LogP contribution in [0.2, 0.25) is 0 Å². The average Bonchev–Trinajstić information content (AvgIpc) is 2.13. The van der Waals surface area contributed by atoms with Crippen molar-refractivity contribution < 1.29 is 13.6 Å². The second-order valence-electron chi connectivity index (χ2n) is 2.57. The number of anilines is 1. The molecule has 0 aromatic carbocycles. The van der Waals surface area contributed by atoms with Crippen molar-refractivity contribution in [3.05, 3.63) is 22.8 Å². The largest absolute Gasteiger partial charge is 0.426 e. The van der Waals surface area contributed by atoms with E-state index in [0.29, 0.717) is 4.73 Å². The Morgan fingerprint density at radius 1 is 1.57 bits per heavy atom. The third kappa shape index (κ3) is 2.46. The number of aromatic nitrogens is 1. The van der Waals surface area contributed by atoms with Gasteiger partial charge in [0.1, 0.15) is 4.64 Å². The molecular formula is C7H10N2O3S2. The number of sulfonamides is 1. The van der Waals surface area contributed by atoms with Gasteiger partial charge in [0, 0.05) is 0 Å². The molecule has 5 nitrogen and oxygen atoms in total. The molecule has 0 radical (unpaired) electrons. The van der Waals surface area contributed by atoms with Gasteiger partial charge in [-0.05, 0) is 19.1 Å². The first kappa shape index (κ1) is 11.0. The van der Waals surface area contributed by atoms with Gasteiger partial charge in [0.15, 0.2) is 5.82 Å². The lowest BCUT2D eigenvalue weighted by Crippen LogP contribution is -2.18. The molecule has 0 fully saturated rings. The Morgan fingerprint density at radius 3 is 2.79 bits per heavy atom. The Hall–Kier alpha value is -1.08. The molecule has 0 saturated carbocycles. The first-order valence-electron chi connectivity index (χ1n) is 3.88. The maximum Gasteiger partial charge on any atom is 0.233 e. The fraction of sp³-hybridized carbons (Fsp3) is 0.286. The molecule has 14 heavy (non-hydrogen) atoms. The number of nitrogens with one attached hydrogen (secondary N) is 1. The van der Waals surface area contributed by atoms with Gasteiger partial charge >= 0.3 is 0 Å². The maximum atomic E-state index is 11.2. The minimum atomic E-state index is -3.39. The molecule has 0 atom stereocenters. The van der Waals surface area contributed by atoms with Crippen molar-refractivity contribution in [1.29, 1.82) is 0 Å². The van der Waals surface area contributed by atoms with E-state index < -0.39 is 10.0 Å². The molecule has 0 aliphatic heterocycles. The molecule has 0 saturated heterocycles. The van der Waals surface area contributed by atoms with Crippen LogP contribution in [0.5, 0.6) is 0 Å². The third-order valence-electron chi connectivity index (χ3n) is 1.57. The lowest BCUT2D eigenvalue weighted by molar-refractivity contribution is 0.187.